The molecule has 0 radical (unpaired) electrons. The van der Waals surface area contributed by atoms with Gasteiger partial charge in [0.05, 0.1) is 12.3 Å². The fraction of sp³-hybridized carbons (Fsp3) is 0.417. The normalized spacial score (nSPS) is 16.8. The van der Waals surface area contributed by atoms with Gasteiger partial charge in [0, 0.05) is 37.6 Å². The number of carbonyl (C=O) groups excluding carboxylic acids is 2. The zero-order valence-electron chi connectivity index (χ0n) is 20.2. The third-order valence-corrected chi connectivity index (χ3v) is 7.37. The number of hydrogen-bond donors (Lipinski definition) is 2. The van der Waals surface area contributed by atoms with Crippen molar-refractivity contribution in [3.8, 4) is 0 Å². The predicted molar refractivity (Wildman–Crippen MR) is 137 cm³/mol. The van der Waals surface area contributed by atoms with Crippen LogP contribution >= 0.6 is 11.3 Å². The molecule has 5 rings (SSSR count). The number of primary amides is 1. The SMILES string of the molecule is CCOC(=O)c1sc(Nc2nc3c(c(N4CCCC4C(N)=O)n2)CCN3Cc2cccnc2)nc1C. The van der Waals surface area contributed by atoms with Gasteiger partial charge in [0.1, 0.15) is 22.6 Å². The summed E-state index contributed by atoms with van der Waals surface area (Å²) in [5.74, 6) is 1.12. The van der Waals surface area contributed by atoms with Crippen molar-refractivity contribution in [2.75, 3.05) is 34.8 Å². The van der Waals surface area contributed by atoms with Crippen molar-refractivity contribution < 1.29 is 14.3 Å². The number of nitrogens with one attached hydrogen (secondary N) is 1. The van der Waals surface area contributed by atoms with E-state index in [2.05, 4.69) is 20.2 Å². The smallest absolute Gasteiger partial charge is 0.350 e. The summed E-state index contributed by atoms with van der Waals surface area (Å²) in [6, 6.07) is 3.55. The number of rotatable bonds is 8. The fourth-order valence-electron chi connectivity index (χ4n) is 4.71. The molecule has 2 aliphatic rings. The summed E-state index contributed by atoms with van der Waals surface area (Å²) in [7, 11) is 0. The molecular formula is C24H28N8O3S. The molecule has 36 heavy (non-hydrogen) atoms. The molecule has 3 aromatic heterocycles. The summed E-state index contributed by atoms with van der Waals surface area (Å²) >= 11 is 1.20. The molecule has 0 bridgehead atoms. The molecule has 1 amide bonds. The highest BCUT2D eigenvalue weighted by molar-refractivity contribution is 7.17. The number of ether oxygens (including phenoxy) is 1. The minimum atomic E-state index is -0.403. The molecule has 12 heteroatoms. The van der Waals surface area contributed by atoms with E-state index in [1.54, 1.807) is 20.0 Å². The molecule has 1 atom stereocenters. The van der Waals surface area contributed by atoms with Gasteiger partial charge in [-0.05, 0) is 44.7 Å². The second kappa shape index (κ2) is 10.1. The maximum atomic E-state index is 12.3. The third kappa shape index (κ3) is 4.68. The first-order valence-corrected chi connectivity index (χ1v) is 12.8. The summed E-state index contributed by atoms with van der Waals surface area (Å²) in [6.07, 6.45) is 5.92. The Bertz CT molecular complexity index is 1280. The van der Waals surface area contributed by atoms with Crippen LogP contribution in [0.2, 0.25) is 0 Å². The Morgan fingerprint density at radius 1 is 1.25 bits per heavy atom. The second-order valence-corrected chi connectivity index (χ2v) is 9.74. The van der Waals surface area contributed by atoms with E-state index in [1.807, 2.05) is 23.2 Å². The van der Waals surface area contributed by atoms with Gasteiger partial charge >= 0.3 is 5.97 Å². The maximum Gasteiger partial charge on any atom is 0.350 e. The van der Waals surface area contributed by atoms with Crippen molar-refractivity contribution in [2.24, 2.45) is 5.73 Å². The second-order valence-electron chi connectivity index (χ2n) is 8.74. The van der Waals surface area contributed by atoms with Gasteiger partial charge in [-0.25, -0.2) is 9.78 Å². The van der Waals surface area contributed by atoms with Crippen LogP contribution in [0.5, 0.6) is 0 Å². The Kier molecular flexibility index (Phi) is 6.68. The van der Waals surface area contributed by atoms with Crippen LogP contribution in [0.3, 0.4) is 0 Å². The van der Waals surface area contributed by atoms with Crippen molar-refractivity contribution in [1.82, 2.24) is 19.9 Å². The number of pyridine rings is 1. The molecule has 0 aromatic carbocycles. The maximum absolute atomic E-state index is 12.3. The van der Waals surface area contributed by atoms with Gasteiger partial charge in [0.25, 0.3) is 0 Å². The number of nitrogens with two attached hydrogens (primary N) is 1. The minimum absolute atomic E-state index is 0.292. The first-order chi connectivity index (χ1) is 17.4. The number of esters is 1. The lowest BCUT2D eigenvalue weighted by molar-refractivity contribution is -0.119. The number of amides is 1. The van der Waals surface area contributed by atoms with Crippen LogP contribution in [-0.2, 0) is 22.5 Å². The van der Waals surface area contributed by atoms with Gasteiger partial charge in [0.2, 0.25) is 11.9 Å². The Morgan fingerprint density at radius 3 is 2.83 bits per heavy atom. The number of aromatic nitrogens is 4. The molecule has 0 spiro atoms. The average Bonchev–Trinajstić information content (AvgIpc) is 3.59. The lowest BCUT2D eigenvalue weighted by Crippen LogP contribution is -2.41. The van der Waals surface area contributed by atoms with E-state index in [-0.39, 0.29) is 5.91 Å². The number of fused-ring (bicyclic) bond motifs is 1. The van der Waals surface area contributed by atoms with Crippen molar-refractivity contribution in [3.05, 3.63) is 46.2 Å². The Balaban J connectivity index is 1.51. The van der Waals surface area contributed by atoms with Crippen LogP contribution in [0.1, 0.15) is 46.3 Å². The lowest BCUT2D eigenvalue weighted by atomic mass is 10.2. The van der Waals surface area contributed by atoms with Crippen LogP contribution in [0, 0.1) is 6.92 Å². The van der Waals surface area contributed by atoms with Crippen molar-refractivity contribution in [2.45, 2.75) is 45.7 Å². The van der Waals surface area contributed by atoms with Crippen LogP contribution in [0.25, 0.3) is 0 Å². The highest BCUT2D eigenvalue weighted by Crippen LogP contribution is 2.38. The lowest BCUT2D eigenvalue weighted by Gasteiger charge is -2.26. The van der Waals surface area contributed by atoms with E-state index in [4.69, 9.17) is 20.4 Å². The van der Waals surface area contributed by atoms with E-state index < -0.39 is 12.0 Å². The standard InChI is InChI=1S/C24H28N8O3S/c1-3-35-22(34)18-14(2)27-24(36-18)30-23-28-20-16(8-11-31(20)13-15-6-4-9-26-12-15)21(29-23)32-10-5-7-17(32)19(25)33/h4,6,9,12,17H,3,5,7-8,10-11,13H2,1-2H3,(H2,25,33)(H,27,28,29,30). The summed E-state index contributed by atoms with van der Waals surface area (Å²) in [5, 5.41) is 3.67. The van der Waals surface area contributed by atoms with E-state index in [1.165, 1.54) is 11.3 Å². The summed E-state index contributed by atoms with van der Waals surface area (Å²) in [5.41, 5.74) is 8.38. The number of hydrogen-bond acceptors (Lipinski definition) is 11. The molecule has 1 saturated heterocycles. The minimum Gasteiger partial charge on any atom is -0.462 e. The molecule has 2 aliphatic heterocycles. The van der Waals surface area contributed by atoms with Crippen molar-refractivity contribution in [3.63, 3.8) is 0 Å². The van der Waals surface area contributed by atoms with Gasteiger partial charge in [-0.15, -0.1) is 0 Å². The molecule has 5 heterocycles. The molecule has 3 aromatic rings. The summed E-state index contributed by atoms with van der Waals surface area (Å²) in [4.78, 5) is 47.4. The van der Waals surface area contributed by atoms with Gasteiger partial charge in [-0.2, -0.15) is 9.97 Å². The summed E-state index contributed by atoms with van der Waals surface area (Å²) < 4.78 is 5.13. The van der Waals surface area contributed by atoms with Crippen molar-refractivity contribution in [1.29, 1.82) is 0 Å². The average molecular weight is 509 g/mol. The molecule has 0 aliphatic carbocycles. The molecule has 1 fully saturated rings. The third-order valence-electron chi connectivity index (χ3n) is 6.32. The molecule has 11 nitrogen and oxygen atoms in total. The molecule has 3 N–H and O–H groups in total. The van der Waals surface area contributed by atoms with Gasteiger partial charge in [-0.1, -0.05) is 17.4 Å². The molecule has 0 saturated carbocycles. The van der Waals surface area contributed by atoms with Gasteiger partial charge < -0.3 is 20.3 Å². The number of anilines is 4. The zero-order valence-corrected chi connectivity index (χ0v) is 21.0. The highest BCUT2D eigenvalue weighted by Gasteiger charge is 2.35. The molecular weight excluding hydrogens is 480 g/mol. The first-order valence-electron chi connectivity index (χ1n) is 12.0. The first kappa shape index (κ1) is 23.9. The van der Waals surface area contributed by atoms with E-state index >= 15 is 0 Å². The van der Waals surface area contributed by atoms with Gasteiger partial charge in [-0.3, -0.25) is 15.1 Å². The zero-order chi connectivity index (χ0) is 25.2. The quantitative estimate of drug-likeness (QED) is 0.436. The van der Waals surface area contributed by atoms with E-state index in [9.17, 15) is 9.59 Å². The Hall–Kier alpha value is -3.80. The molecule has 188 valence electrons. The Morgan fingerprint density at radius 2 is 2.08 bits per heavy atom. The van der Waals surface area contributed by atoms with Crippen LogP contribution in [-0.4, -0.2) is 57.6 Å². The Labute approximate surface area is 212 Å². The number of aryl methyl sites for hydroxylation is 1. The fourth-order valence-corrected chi connectivity index (χ4v) is 5.56. The van der Waals surface area contributed by atoms with Gasteiger partial charge in [0.15, 0.2) is 5.13 Å². The largest absolute Gasteiger partial charge is 0.462 e. The topological polar surface area (TPSA) is 139 Å². The number of carbonyl (C=O) groups is 2. The number of thiazole rings is 1. The van der Waals surface area contributed by atoms with Crippen LogP contribution in [0.4, 0.5) is 22.7 Å². The number of nitrogens with zero attached hydrogens (tertiary/aromatic N) is 6. The monoisotopic (exact) mass is 508 g/mol. The van der Waals surface area contributed by atoms with Crippen molar-refractivity contribution >= 4 is 45.9 Å². The van der Waals surface area contributed by atoms with Crippen LogP contribution in [0.15, 0.2) is 24.5 Å². The predicted octanol–water partition coefficient (Wildman–Crippen LogP) is 2.57. The van der Waals surface area contributed by atoms with Crippen LogP contribution < -0.4 is 20.9 Å². The summed E-state index contributed by atoms with van der Waals surface area (Å²) in [6.45, 7) is 5.94. The molecule has 1 unspecified atom stereocenters. The van der Waals surface area contributed by atoms with E-state index in [0.717, 1.165) is 42.1 Å². The van der Waals surface area contributed by atoms with E-state index in [0.29, 0.717) is 47.8 Å². The highest BCUT2D eigenvalue weighted by atomic mass is 32.1.